The van der Waals surface area contributed by atoms with Crippen molar-refractivity contribution in [2.24, 2.45) is 5.41 Å². The van der Waals surface area contributed by atoms with Crippen LogP contribution in [0.5, 0.6) is 0 Å². The van der Waals surface area contributed by atoms with Crippen molar-refractivity contribution in [3.63, 3.8) is 0 Å². The van der Waals surface area contributed by atoms with Crippen molar-refractivity contribution in [3.8, 4) is 0 Å². The van der Waals surface area contributed by atoms with Gasteiger partial charge in [0.25, 0.3) is 6.29 Å². The summed E-state index contributed by atoms with van der Waals surface area (Å²) in [6.07, 6.45) is 1.41. The van der Waals surface area contributed by atoms with Crippen LogP contribution >= 0.6 is 0 Å². The molecule has 4 nitrogen and oxygen atoms in total. The summed E-state index contributed by atoms with van der Waals surface area (Å²) in [5.41, 5.74) is -0.473. The van der Waals surface area contributed by atoms with Gasteiger partial charge in [-0.15, -0.1) is 6.58 Å². The fourth-order valence-electron chi connectivity index (χ4n) is 1.11. The van der Waals surface area contributed by atoms with Crippen molar-refractivity contribution in [1.82, 2.24) is 0 Å². The average molecular weight is 214 g/mol. The molecule has 0 fully saturated rings. The lowest BCUT2D eigenvalue weighted by Gasteiger charge is -2.31. The molecule has 0 aliphatic rings. The van der Waals surface area contributed by atoms with Gasteiger partial charge in [0.1, 0.15) is 0 Å². The summed E-state index contributed by atoms with van der Waals surface area (Å²) in [5, 5.41) is 0. The van der Waals surface area contributed by atoms with E-state index in [9.17, 15) is 9.59 Å². The highest BCUT2D eigenvalue weighted by Gasteiger charge is 2.33. The van der Waals surface area contributed by atoms with Gasteiger partial charge in [-0.25, -0.2) is 0 Å². The van der Waals surface area contributed by atoms with Gasteiger partial charge >= 0.3 is 11.9 Å². The summed E-state index contributed by atoms with van der Waals surface area (Å²) in [7, 11) is 0. The molecular formula is C11H18O4. The molecule has 4 heteroatoms. The van der Waals surface area contributed by atoms with E-state index in [0.29, 0.717) is 6.42 Å². The van der Waals surface area contributed by atoms with Crippen LogP contribution in [-0.2, 0) is 19.1 Å². The fourth-order valence-corrected chi connectivity index (χ4v) is 1.11. The third-order valence-electron chi connectivity index (χ3n) is 1.85. The Morgan fingerprint density at radius 1 is 1.27 bits per heavy atom. The number of carbonyl (C=O) groups is 2. The van der Waals surface area contributed by atoms with Gasteiger partial charge < -0.3 is 9.47 Å². The van der Waals surface area contributed by atoms with Gasteiger partial charge in [-0.2, -0.15) is 0 Å². The Morgan fingerprint density at radius 2 is 1.67 bits per heavy atom. The lowest BCUT2D eigenvalue weighted by Crippen LogP contribution is -2.36. The van der Waals surface area contributed by atoms with Crippen molar-refractivity contribution in [1.29, 1.82) is 0 Å². The number of ether oxygens (including phenoxy) is 2. The first kappa shape index (κ1) is 13.7. The van der Waals surface area contributed by atoms with Gasteiger partial charge in [0.05, 0.1) is 0 Å². The summed E-state index contributed by atoms with van der Waals surface area (Å²) in [4.78, 5) is 21.7. The Morgan fingerprint density at radius 3 is 1.93 bits per heavy atom. The van der Waals surface area contributed by atoms with E-state index < -0.39 is 23.6 Å². The second-order valence-corrected chi connectivity index (χ2v) is 4.03. The molecule has 0 aromatic heterocycles. The minimum atomic E-state index is -0.870. The molecule has 0 saturated heterocycles. The van der Waals surface area contributed by atoms with E-state index in [4.69, 9.17) is 9.47 Å². The zero-order chi connectivity index (χ0) is 12.1. The molecule has 86 valence electrons. The Hall–Kier alpha value is -1.32. The van der Waals surface area contributed by atoms with Crippen LogP contribution in [0.25, 0.3) is 0 Å². The zero-order valence-electron chi connectivity index (χ0n) is 9.70. The van der Waals surface area contributed by atoms with E-state index in [2.05, 4.69) is 6.58 Å². The van der Waals surface area contributed by atoms with Gasteiger partial charge in [0.15, 0.2) is 0 Å². The molecular weight excluding hydrogens is 196 g/mol. The van der Waals surface area contributed by atoms with Crippen molar-refractivity contribution in [2.75, 3.05) is 0 Å². The number of allylic oxidation sites excluding steroid dienone is 1. The Bertz CT molecular complexity index is 239. The molecule has 0 N–H and O–H groups in total. The Labute approximate surface area is 90.2 Å². The molecule has 0 rings (SSSR count). The SMILES string of the molecule is C=CCC(C)(C)C(OC(C)=O)OC(C)=O. The van der Waals surface area contributed by atoms with Crippen molar-refractivity contribution >= 4 is 11.9 Å². The molecule has 0 amide bonds. The van der Waals surface area contributed by atoms with Gasteiger partial charge in [0, 0.05) is 19.3 Å². The predicted molar refractivity (Wildman–Crippen MR) is 55.9 cm³/mol. The molecule has 0 aliphatic carbocycles. The molecule has 0 spiro atoms. The first-order valence-corrected chi connectivity index (χ1v) is 4.75. The molecule has 0 aliphatic heterocycles. The molecule has 0 aromatic carbocycles. The first-order valence-electron chi connectivity index (χ1n) is 4.75. The summed E-state index contributed by atoms with van der Waals surface area (Å²) in [6.45, 7) is 9.84. The minimum absolute atomic E-state index is 0.473. The van der Waals surface area contributed by atoms with Crippen LogP contribution in [0, 0.1) is 5.41 Å². The average Bonchev–Trinajstić information content (AvgIpc) is 2.00. The van der Waals surface area contributed by atoms with Crippen molar-refractivity contribution < 1.29 is 19.1 Å². The van der Waals surface area contributed by atoms with Crippen LogP contribution in [0.15, 0.2) is 12.7 Å². The Balaban J connectivity index is 4.65. The number of hydrogen-bond acceptors (Lipinski definition) is 4. The summed E-state index contributed by atoms with van der Waals surface area (Å²) >= 11 is 0. The Kier molecular flexibility index (Phi) is 5.05. The maximum Gasteiger partial charge on any atom is 0.305 e. The molecule has 0 aromatic rings. The van der Waals surface area contributed by atoms with Gasteiger partial charge in [0.2, 0.25) is 0 Å². The molecule has 15 heavy (non-hydrogen) atoms. The molecule has 0 bridgehead atoms. The quantitative estimate of drug-likeness (QED) is 0.399. The number of rotatable bonds is 5. The summed E-state index contributed by atoms with van der Waals surface area (Å²) < 4.78 is 9.90. The smallest absolute Gasteiger partial charge is 0.305 e. The topological polar surface area (TPSA) is 52.6 Å². The molecule has 0 heterocycles. The van der Waals surface area contributed by atoms with Crippen LogP contribution in [0.1, 0.15) is 34.1 Å². The van der Waals surface area contributed by atoms with Gasteiger partial charge in [-0.05, 0) is 6.42 Å². The van der Waals surface area contributed by atoms with Crippen LogP contribution in [0.2, 0.25) is 0 Å². The van der Waals surface area contributed by atoms with E-state index in [1.807, 2.05) is 13.8 Å². The largest absolute Gasteiger partial charge is 0.425 e. The monoisotopic (exact) mass is 214 g/mol. The standard InChI is InChI=1S/C11H18O4/c1-6-7-11(4,5)10(14-8(2)12)15-9(3)13/h6,10H,1,7H2,2-5H3. The van der Waals surface area contributed by atoms with Crippen LogP contribution < -0.4 is 0 Å². The third-order valence-corrected chi connectivity index (χ3v) is 1.85. The predicted octanol–water partition coefficient (Wildman–Crippen LogP) is 2.04. The number of esters is 2. The zero-order valence-corrected chi connectivity index (χ0v) is 9.70. The molecule has 0 radical (unpaired) electrons. The van der Waals surface area contributed by atoms with Gasteiger partial charge in [-0.3, -0.25) is 9.59 Å². The number of carbonyl (C=O) groups excluding carboxylic acids is 2. The van der Waals surface area contributed by atoms with E-state index in [1.54, 1.807) is 6.08 Å². The fraction of sp³-hybridized carbons (Fsp3) is 0.636. The molecule has 0 unspecified atom stereocenters. The second-order valence-electron chi connectivity index (χ2n) is 4.03. The third kappa shape index (κ3) is 5.20. The summed E-state index contributed by atoms with van der Waals surface area (Å²) in [6, 6.07) is 0. The van der Waals surface area contributed by atoms with Crippen LogP contribution in [0.3, 0.4) is 0 Å². The van der Waals surface area contributed by atoms with E-state index in [1.165, 1.54) is 13.8 Å². The van der Waals surface area contributed by atoms with Crippen molar-refractivity contribution in [2.45, 2.75) is 40.4 Å². The highest BCUT2D eigenvalue weighted by molar-refractivity contribution is 5.68. The summed E-state index contributed by atoms with van der Waals surface area (Å²) in [5.74, 6) is -0.947. The molecule has 0 atom stereocenters. The first-order chi connectivity index (χ1) is 6.79. The van der Waals surface area contributed by atoms with Crippen LogP contribution in [0.4, 0.5) is 0 Å². The minimum Gasteiger partial charge on any atom is -0.425 e. The van der Waals surface area contributed by atoms with E-state index >= 15 is 0 Å². The maximum absolute atomic E-state index is 10.8. The molecule has 0 saturated carbocycles. The lowest BCUT2D eigenvalue weighted by molar-refractivity contribution is -0.206. The van der Waals surface area contributed by atoms with Crippen LogP contribution in [-0.4, -0.2) is 18.2 Å². The van der Waals surface area contributed by atoms with E-state index in [0.717, 1.165) is 0 Å². The maximum atomic E-state index is 10.8. The van der Waals surface area contributed by atoms with E-state index in [-0.39, 0.29) is 0 Å². The number of hydrogen-bond donors (Lipinski definition) is 0. The second kappa shape index (κ2) is 5.53. The normalized spacial score (nSPS) is 11.0. The highest BCUT2D eigenvalue weighted by Crippen LogP contribution is 2.29. The highest BCUT2D eigenvalue weighted by atomic mass is 16.7. The lowest BCUT2D eigenvalue weighted by atomic mass is 9.88. The van der Waals surface area contributed by atoms with Gasteiger partial charge in [-0.1, -0.05) is 19.9 Å². The van der Waals surface area contributed by atoms with Crippen molar-refractivity contribution in [3.05, 3.63) is 12.7 Å².